The van der Waals surface area contributed by atoms with E-state index in [4.69, 9.17) is 4.74 Å². The van der Waals surface area contributed by atoms with E-state index in [1.165, 1.54) is 32.1 Å². The first-order valence-corrected chi connectivity index (χ1v) is 18.7. The number of aliphatic hydroxyl groups is 1. The molecule has 46 heavy (non-hydrogen) atoms. The van der Waals surface area contributed by atoms with Gasteiger partial charge in [-0.3, -0.25) is 4.79 Å². The van der Waals surface area contributed by atoms with E-state index in [0.717, 1.165) is 69.7 Å². The zero-order valence-corrected chi connectivity index (χ0v) is 30.3. The monoisotopic (exact) mass is 630 g/mol. The van der Waals surface area contributed by atoms with E-state index in [1.807, 2.05) is 12.1 Å². The number of carbonyl (C=O) groups is 1. The highest BCUT2D eigenvalue weighted by Gasteiger charge is 2.68. The molecule has 6 aliphatic rings. The Morgan fingerprint density at radius 1 is 0.848 bits per heavy atom. The topological polar surface area (TPSA) is 53.0 Å². The van der Waals surface area contributed by atoms with Crippen LogP contribution in [0.4, 0.5) is 5.69 Å². The Bertz CT molecular complexity index is 1400. The Kier molecular flexibility index (Phi) is 7.60. The summed E-state index contributed by atoms with van der Waals surface area (Å²) in [6, 6.07) is 8.25. The fourth-order valence-electron chi connectivity index (χ4n) is 13.0. The van der Waals surface area contributed by atoms with Crippen LogP contribution in [0.1, 0.15) is 113 Å². The van der Waals surface area contributed by atoms with Crippen molar-refractivity contribution < 1.29 is 14.6 Å². The van der Waals surface area contributed by atoms with Crippen molar-refractivity contribution in [2.75, 3.05) is 38.2 Å². The van der Waals surface area contributed by atoms with Crippen molar-refractivity contribution in [1.29, 1.82) is 0 Å². The van der Waals surface area contributed by atoms with Crippen LogP contribution in [0.25, 0.3) is 0 Å². The van der Waals surface area contributed by atoms with Crippen molar-refractivity contribution in [3.8, 4) is 5.75 Å². The Morgan fingerprint density at radius 3 is 2.26 bits per heavy atom. The first-order chi connectivity index (χ1) is 21.6. The van der Waals surface area contributed by atoms with Crippen molar-refractivity contribution in [3.63, 3.8) is 0 Å². The molecular weight excluding hydrogens is 568 g/mol. The number of hydrogen-bond donors (Lipinski definition) is 1. The van der Waals surface area contributed by atoms with Gasteiger partial charge < -0.3 is 19.6 Å². The van der Waals surface area contributed by atoms with Gasteiger partial charge in [-0.25, -0.2) is 0 Å². The molecule has 1 saturated heterocycles. The number of anilines is 1. The second-order valence-corrected chi connectivity index (χ2v) is 18.6. The summed E-state index contributed by atoms with van der Waals surface area (Å²) in [6.45, 7) is 20.7. The Morgan fingerprint density at radius 2 is 1.54 bits per heavy atom. The predicted octanol–water partition coefficient (Wildman–Crippen LogP) is 8.51. The average molecular weight is 631 g/mol. The summed E-state index contributed by atoms with van der Waals surface area (Å²) in [4.78, 5) is 19.0. The fraction of sp³-hybridized carbons (Fsp3) is 0.780. The molecule has 5 aliphatic carbocycles. The summed E-state index contributed by atoms with van der Waals surface area (Å²) in [5.41, 5.74) is 3.52. The van der Waals surface area contributed by atoms with Crippen LogP contribution in [0.15, 0.2) is 35.9 Å². The number of methoxy groups -OCH3 is 1. The lowest BCUT2D eigenvalue weighted by atomic mass is 9.33. The summed E-state index contributed by atoms with van der Waals surface area (Å²) >= 11 is 0. The number of benzene rings is 1. The third-order valence-electron chi connectivity index (χ3n) is 16.3. The molecule has 5 fully saturated rings. The summed E-state index contributed by atoms with van der Waals surface area (Å²) in [5, 5.41) is 11.1. The van der Waals surface area contributed by atoms with E-state index in [-0.39, 0.29) is 38.6 Å². The van der Waals surface area contributed by atoms with Crippen LogP contribution in [0.5, 0.6) is 5.75 Å². The average Bonchev–Trinajstić information content (AvgIpc) is 3.04. The lowest BCUT2D eigenvalue weighted by Crippen LogP contribution is -2.64. The molecular formula is C41H62N2O3. The quantitative estimate of drug-likeness (QED) is 0.340. The zero-order chi connectivity index (χ0) is 32.9. The zero-order valence-electron chi connectivity index (χ0n) is 30.3. The van der Waals surface area contributed by atoms with Crippen molar-refractivity contribution in [3.05, 3.63) is 35.9 Å². The van der Waals surface area contributed by atoms with Gasteiger partial charge in [0.05, 0.1) is 18.9 Å². The highest BCUT2D eigenvalue weighted by molar-refractivity contribution is 5.83. The van der Waals surface area contributed by atoms with Crippen LogP contribution in [0, 0.1) is 50.2 Å². The number of allylic oxidation sites excluding steroid dienone is 2. The van der Waals surface area contributed by atoms with E-state index in [0.29, 0.717) is 23.7 Å². The van der Waals surface area contributed by atoms with Gasteiger partial charge in [-0.05, 0) is 121 Å². The summed E-state index contributed by atoms with van der Waals surface area (Å²) in [7, 11) is 1.74. The fourth-order valence-corrected chi connectivity index (χ4v) is 13.0. The van der Waals surface area contributed by atoms with Crippen molar-refractivity contribution in [1.82, 2.24) is 4.90 Å². The molecule has 1 aliphatic heterocycles. The minimum atomic E-state index is -0.305. The maximum atomic E-state index is 14.5. The van der Waals surface area contributed by atoms with Crippen molar-refractivity contribution in [2.45, 2.75) is 119 Å². The van der Waals surface area contributed by atoms with Crippen LogP contribution in [0.3, 0.4) is 0 Å². The molecule has 9 atom stereocenters. The van der Waals surface area contributed by atoms with Crippen LogP contribution < -0.4 is 9.64 Å². The van der Waals surface area contributed by atoms with E-state index >= 15 is 0 Å². The molecule has 1 aromatic rings. The predicted molar refractivity (Wildman–Crippen MR) is 187 cm³/mol. The van der Waals surface area contributed by atoms with Gasteiger partial charge in [0.15, 0.2) is 0 Å². The standard InChI is InChI=1S/C41H62N2O3/c1-36(2)32-15-18-41(7)33(39(32,5)17-16-34(36)44)14-13-28-29-27-38(4,20-19-37(29,3)21-22-40(28,41)6)35(45)43-25-23-42(24-26-43)30-11-9-10-12-31(30)46-8/h9-13,29,32-34,44H,14-27H2,1-8H3/t29-,32?,33?,34-,37+,38?,39-,40+,41+/m0/s1. The van der Waals surface area contributed by atoms with E-state index in [1.54, 1.807) is 12.7 Å². The van der Waals surface area contributed by atoms with Gasteiger partial charge >= 0.3 is 0 Å². The molecule has 7 rings (SSSR count). The molecule has 1 amide bonds. The van der Waals surface area contributed by atoms with Gasteiger partial charge in [0.25, 0.3) is 0 Å². The number of fused-ring (bicyclic) bond motifs is 7. The Labute approximate surface area is 279 Å². The summed E-state index contributed by atoms with van der Waals surface area (Å²) in [6.07, 6.45) is 14.0. The molecule has 3 unspecified atom stereocenters. The molecule has 0 aromatic heterocycles. The minimum absolute atomic E-state index is 0.0193. The van der Waals surface area contributed by atoms with Gasteiger partial charge in [0.1, 0.15) is 5.75 Å². The molecule has 254 valence electrons. The molecule has 1 heterocycles. The van der Waals surface area contributed by atoms with Gasteiger partial charge in [-0.2, -0.15) is 0 Å². The second-order valence-electron chi connectivity index (χ2n) is 18.6. The molecule has 4 saturated carbocycles. The van der Waals surface area contributed by atoms with Gasteiger partial charge in [0.2, 0.25) is 5.91 Å². The van der Waals surface area contributed by atoms with Crippen molar-refractivity contribution >= 4 is 11.6 Å². The molecule has 1 N–H and O–H groups in total. The molecule has 5 heteroatoms. The van der Waals surface area contributed by atoms with Crippen LogP contribution in [0.2, 0.25) is 0 Å². The smallest absolute Gasteiger partial charge is 0.228 e. The van der Waals surface area contributed by atoms with E-state index in [2.05, 4.69) is 76.5 Å². The van der Waals surface area contributed by atoms with Crippen LogP contribution in [-0.4, -0.2) is 55.3 Å². The highest BCUT2D eigenvalue weighted by atomic mass is 16.5. The molecule has 0 bridgehead atoms. The number of piperazine rings is 1. The van der Waals surface area contributed by atoms with Crippen LogP contribution >= 0.6 is 0 Å². The first-order valence-electron chi connectivity index (χ1n) is 18.7. The SMILES string of the molecule is COc1ccccc1N1CCN(C(=O)C2(C)CC[C@]3(C)CC[C@]4(C)C(=CCC5[C@@]6(C)CC[C@H](O)C(C)(C)C6CC[C@]54C)[C@@H]3C2)CC1. The third-order valence-corrected chi connectivity index (χ3v) is 16.3. The molecule has 1 aromatic carbocycles. The van der Waals surface area contributed by atoms with Crippen molar-refractivity contribution in [2.24, 2.45) is 50.2 Å². The van der Waals surface area contributed by atoms with Gasteiger partial charge in [-0.1, -0.05) is 72.2 Å². The lowest BCUT2D eigenvalue weighted by molar-refractivity contribution is -0.203. The lowest BCUT2D eigenvalue weighted by Gasteiger charge is -2.71. The van der Waals surface area contributed by atoms with E-state index < -0.39 is 0 Å². The number of aliphatic hydroxyl groups excluding tert-OH is 1. The maximum Gasteiger partial charge on any atom is 0.228 e. The summed E-state index contributed by atoms with van der Waals surface area (Å²) < 4.78 is 5.64. The summed E-state index contributed by atoms with van der Waals surface area (Å²) in [5.74, 6) is 3.01. The molecule has 5 nitrogen and oxygen atoms in total. The Hall–Kier alpha value is -2.01. The number of carbonyl (C=O) groups excluding carboxylic acids is 1. The largest absolute Gasteiger partial charge is 0.495 e. The second kappa shape index (κ2) is 10.7. The van der Waals surface area contributed by atoms with E-state index in [9.17, 15) is 9.90 Å². The number of hydrogen-bond acceptors (Lipinski definition) is 4. The van der Waals surface area contributed by atoms with Gasteiger partial charge in [-0.15, -0.1) is 0 Å². The normalized spacial score (nSPS) is 45.0. The number of rotatable bonds is 3. The first kappa shape index (κ1) is 32.5. The minimum Gasteiger partial charge on any atom is -0.495 e. The molecule has 0 spiro atoms. The van der Waals surface area contributed by atoms with Gasteiger partial charge in [0, 0.05) is 31.6 Å². The maximum absolute atomic E-state index is 14.5. The number of amides is 1. The molecule has 0 radical (unpaired) electrons. The number of para-hydroxylation sites is 2. The Balaban J connectivity index is 1.13. The number of ether oxygens (including phenoxy) is 1. The highest BCUT2D eigenvalue weighted by Crippen LogP contribution is 2.75. The number of nitrogens with zero attached hydrogens (tertiary/aromatic N) is 2. The third kappa shape index (κ3) is 4.44. The van der Waals surface area contributed by atoms with Crippen LogP contribution in [-0.2, 0) is 4.79 Å².